The second kappa shape index (κ2) is 11.7. The first-order valence-corrected chi connectivity index (χ1v) is 13.8. The van der Waals surface area contributed by atoms with Crippen molar-refractivity contribution >= 4 is 10.8 Å². The molecule has 3 aromatic rings. The smallest absolute Gasteiger partial charge is 0.161 e. The van der Waals surface area contributed by atoms with Crippen molar-refractivity contribution in [3.05, 3.63) is 64.7 Å². The Labute approximate surface area is 222 Å². The number of likely N-dealkylation sites (tertiary alicyclic amines) is 1. The van der Waals surface area contributed by atoms with Gasteiger partial charge >= 0.3 is 0 Å². The first kappa shape index (κ1) is 25.9. The van der Waals surface area contributed by atoms with Crippen molar-refractivity contribution in [1.29, 1.82) is 0 Å². The molecule has 0 radical (unpaired) electrons. The molecule has 3 aromatic carbocycles. The Morgan fingerprint density at radius 2 is 1.59 bits per heavy atom. The van der Waals surface area contributed by atoms with Crippen molar-refractivity contribution in [3.63, 3.8) is 0 Å². The number of benzene rings is 3. The lowest BCUT2D eigenvalue weighted by atomic mass is 9.96. The summed E-state index contributed by atoms with van der Waals surface area (Å²) in [6.45, 7) is 9.03. The number of fused-ring (bicyclic) bond motifs is 2. The van der Waals surface area contributed by atoms with Gasteiger partial charge in [-0.25, -0.2) is 0 Å². The third kappa shape index (κ3) is 5.89. The fourth-order valence-corrected chi connectivity index (χ4v) is 6.31. The molecule has 0 aromatic heterocycles. The topological polar surface area (TPSA) is 34.2 Å². The molecule has 1 atom stereocenters. The molecule has 5 rings (SSSR count). The van der Waals surface area contributed by atoms with Crippen LogP contribution >= 0.6 is 0 Å². The van der Waals surface area contributed by atoms with Gasteiger partial charge in [0.15, 0.2) is 11.5 Å². The Morgan fingerprint density at radius 3 is 2.38 bits per heavy atom. The lowest BCUT2D eigenvalue weighted by Gasteiger charge is -2.33. The number of hydrogen-bond acceptors (Lipinski definition) is 5. The van der Waals surface area contributed by atoms with Gasteiger partial charge in [0, 0.05) is 32.7 Å². The SMILES string of the molecule is COc1cc2c(cc1OC)CN(CC1CCCCN(CCc3ccc4c(C)c(OC)ccc4c3)C1)CC2. The molecule has 2 heterocycles. The molecule has 0 N–H and O–H groups in total. The van der Waals surface area contributed by atoms with Gasteiger partial charge in [-0.2, -0.15) is 0 Å². The second-order valence-corrected chi connectivity index (χ2v) is 10.8. The standard InChI is InChI=1S/C32H42N2O3/c1-23-29-10-8-24(17-27(29)9-11-30(23)35-2)12-15-33-14-6-5-7-25(20-33)21-34-16-13-26-18-31(36-3)32(37-4)19-28(26)22-34/h8-11,17-19,25H,5-7,12-16,20-22H2,1-4H3. The highest BCUT2D eigenvalue weighted by Crippen LogP contribution is 2.34. The van der Waals surface area contributed by atoms with Crippen LogP contribution in [0.1, 0.15) is 41.5 Å². The third-order valence-electron chi connectivity index (χ3n) is 8.41. The largest absolute Gasteiger partial charge is 0.496 e. The molecular weight excluding hydrogens is 460 g/mol. The molecule has 0 amide bonds. The lowest BCUT2D eigenvalue weighted by Crippen LogP contribution is -2.39. The summed E-state index contributed by atoms with van der Waals surface area (Å²) in [4.78, 5) is 5.37. The van der Waals surface area contributed by atoms with E-state index in [1.54, 1.807) is 21.3 Å². The van der Waals surface area contributed by atoms with Gasteiger partial charge in [-0.1, -0.05) is 30.7 Å². The van der Waals surface area contributed by atoms with Gasteiger partial charge in [-0.15, -0.1) is 0 Å². The van der Waals surface area contributed by atoms with Crippen LogP contribution in [-0.4, -0.2) is 63.9 Å². The zero-order chi connectivity index (χ0) is 25.8. The Morgan fingerprint density at radius 1 is 0.811 bits per heavy atom. The van der Waals surface area contributed by atoms with Crippen LogP contribution in [0.3, 0.4) is 0 Å². The summed E-state index contributed by atoms with van der Waals surface area (Å²) < 4.78 is 16.6. The van der Waals surface area contributed by atoms with Crippen LogP contribution in [-0.2, 0) is 19.4 Å². The summed E-state index contributed by atoms with van der Waals surface area (Å²) in [5, 5.41) is 2.60. The van der Waals surface area contributed by atoms with Crippen molar-refractivity contribution < 1.29 is 14.2 Å². The van der Waals surface area contributed by atoms with Gasteiger partial charge in [0.2, 0.25) is 0 Å². The zero-order valence-electron chi connectivity index (χ0n) is 23.0. The maximum atomic E-state index is 5.57. The zero-order valence-corrected chi connectivity index (χ0v) is 23.0. The van der Waals surface area contributed by atoms with E-state index in [0.29, 0.717) is 0 Å². The molecular formula is C32H42N2O3. The minimum absolute atomic E-state index is 0.732. The number of hydrogen-bond donors (Lipinski definition) is 0. The van der Waals surface area contributed by atoms with Gasteiger partial charge in [-0.05, 0) is 96.3 Å². The summed E-state index contributed by atoms with van der Waals surface area (Å²) in [5.74, 6) is 3.38. The van der Waals surface area contributed by atoms with Gasteiger partial charge in [0.1, 0.15) is 5.75 Å². The molecule has 198 valence electrons. The molecule has 0 saturated carbocycles. The fourth-order valence-electron chi connectivity index (χ4n) is 6.31. The normalized spacial score (nSPS) is 18.9. The van der Waals surface area contributed by atoms with E-state index in [9.17, 15) is 0 Å². The summed E-state index contributed by atoms with van der Waals surface area (Å²) in [6, 6.07) is 15.6. The van der Waals surface area contributed by atoms with E-state index >= 15 is 0 Å². The Kier molecular flexibility index (Phi) is 8.21. The maximum absolute atomic E-state index is 5.57. The maximum Gasteiger partial charge on any atom is 0.161 e. The van der Waals surface area contributed by atoms with Crippen LogP contribution in [0.15, 0.2) is 42.5 Å². The number of ether oxygens (including phenoxy) is 3. The van der Waals surface area contributed by atoms with Gasteiger partial charge in [-0.3, -0.25) is 4.90 Å². The van der Waals surface area contributed by atoms with E-state index in [0.717, 1.165) is 55.6 Å². The summed E-state index contributed by atoms with van der Waals surface area (Å²) in [7, 11) is 5.19. The molecule has 37 heavy (non-hydrogen) atoms. The van der Waals surface area contributed by atoms with Gasteiger partial charge in [0.25, 0.3) is 0 Å². The predicted molar refractivity (Wildman–Crippen MR) is 151 cm³/mol. The highest BCUT2D eigenvalue weighted by Gasteiger charge is 2.24. The molecule has 5 nitrogen and oxygen atoms in total. The number of rotatable bonds is 8. The minimum Gasteiger partial charge on any atom is -0.496 e. The highest BCUT2D eigenvalue weighted by molar-refractivity contribution is 5.88. The van der Waals surface area contributed by atoms with Crippen molar-refractivity contribution in [2.45, 2.75) is 45.6 Å². The Bertz CT molecular complexity index is 1220. The number of methoxy groups -OCH3 is 3. The van der Waals surface area contributed by atoms with E-state index in [1.165, 1.54) is 71.9 Å². The molecule has 1 saturated heterocycles. The Hall–Kier alpha value is -2.76. The average molecular weight is 503 g/mol. The first-order chi connectivity index (χ1) is 18.1. The molecule has 1 fully saturated rings. The number of nitrogens with zero attached hydrogens (tertiary/aromatic N) is 2. The summed E-state index contributed by atoms with van der Waals surface area (Å²) in [5.41, 5.74) is 5.44. The van der Waals surface area contributed by atoms with Crippen molar-refractivity contribution in [2.75, 3.05) is 54.1 Å². The highest BCUT2D eigenvalue weighted by atomic mass is 16.5. The molecule has 5 heteroatoms. The fraction of sp³-hybridized carbons (Fsp3) is 0.500. The molecule has 2 aliphatic rings. The van der Waals surface area contributed by atoms with Crippen molar-refractivity contribution in [3.8, 4) is 17.2 Å². The molecule has 0 bridgehead atoms. The van der Waals surface area contributed by atoms with Crippen LogP contribution in [0.2, 0.25) is 0 Å². The Balaban J connectivity index is 1.19. The third-order valence-corrected chi connectivity index (χ3v) is 8.41. The van der Waals surface area contributed by atoms with E-state index in [4.69, 9.17) is 14.2 Å². The molecule has 0 spiro atoms. The summed E-state index contributed by atoms with van der Waals surface area (Å²) in [6.07, 6.45) is 6.18. The van der Waals surface area contributed by atoms with Crippen LogP contribution in [0.5, 0.6) is 17.2 Å². The van der Waals surface area contributed by atoms with E-state index in [2.05, 4.69) is 59.2 Å². The first-order valence-electron chi connectivity index (χ1n) is 13.8. The van der Waals surface area contributed by atoms with Crippen LogP contribution in [0, 0.1) is 12.8 Å². The van der Waals surface area contributed by atoms with E-state index < -0.39 is 0 Å². The van der Waals surface area contributed by atoms with Gasteiger partial charge < -0.3 is 19.1 Å². The lowest BCUT2D eigenvalue weighted by molar-refractivity contribution is 0.174. The van der Waals surface area contributed by atoms with Crippen LogP contribution in [0.4, 0.5) is 0 Å². The predicted octanol–water partition coefficient (Wildman–Crippen LogP) is 5.88. The van der Waals surface area contributed by atoms with Crippen LogP contribution < -0.4 is 14.2 Å². The minimum atomic E-state index is 0.732. The van der Waals surface area contributed by atoms with E-state index in [-0.39, 0.29) is 0 Å². The summed E-state index contributed by atoms with van der Waals surface area (Å²) >= 11 is 0. The average Bonchev–Trinajstić information content (AvgIpc) is 3.16. The second-order valence-electron chi connectivity index (χ2n) is 10.8. The van der Waals surface area contributed by atoms with E-state index in [1.807, 2.05) is 0 Å². The van der Waals surface area contributed by atoms with Crippen LogP contribution in [0.25, 0.3) is 10.8 Å². The van der Waals surface area contributed by atoms with Gasteiger partial charge in [0.05, 0.1) is 21.3 Å². The van der Waals surface area contributed by atoms with Crippen molar-refractivity contribution in [1.82, 2.24) is 9.80 Å². The molecule has 2 aliphatic heterocycles. The number of aryl methyl sites for hydroxylation is 1. The quantitative estimate of drug-likeness (QED) is 0.384. The molecule has 0 aliphatic carbocycles. The van der Waals surface area contributed by atoms with Crippen molar-refractivity contribution in [2.24, 2.45) is 5.92 Å². The molecule has 1 unspecified atom stereocenters. The monoisotopic (exact) mass is 502 g/mol.